The summed E-state index contributed by atoms with van der Waals surface area (Å²) in [6.45, 7) is 2.05. The first-order valence-electron chi connectivity index (χ1n) is 6.37. The van der Waals surface area contributed by atoms with Gasteiger partial charge in [0.1, 0.15) is 6.61 Å². The third-order valence-corrected chi connectivity index (χ3v) is 2.93. The lowest BCUT2D eigenvalue weighted by Crippen LogP contribution is -2.14. The fourth-order valence-corrected chi connectivity index (χ4v) is 1.77. The van der Waals surface area contributed by atoms with E-state index < -0.39 is 6.09 Å². The Kier molecular flexibility index (Phi) is 4.74. The number of amides is 1. The monoisotopic (exact) mass is 271 g/mol. The highest BCUT2D eigenvalue weighted by atomic mass is 16.5. The minimum atomic E-state index is -0.507. The topological polar surface area (TPSA) is 58.6 Å². The van der Waals surface area contributed by atoms with E-state index in [1.54, 1.807) is 6.07 Å². The predicted octanol–water partition coefficient (Wildman–Crippen LogP) is 3.24. The van der Waals surface area contributed by atoms with Gasteiger partial charge in [0.25, 0.3) is 0 Å². The van der Waals surface area contributed by atoms with Crippen molar-refractivity contribution in [2.45, 2.75) is 20.1 Å². The number of aryl methyl sites for hydroxylation is 1. The molecule has 0 fully saturated rings. The largest absolute Gasteiger partial charge is 0.444 e. The highest BCUT2D eigenvalue weighted by molar-refractivity contribution is 5.85. The van der Waals surface area contributed by atoms with Gasteiger partial charge in [-0.15, -0.1) is 0 Å². The van der Waals surface area contributed by atoms with Gasteiger partial charge in [0.2, 0.25) is 0 Å². The Balaban J connectivity index is 1.94. The molecule has 104 valence electrons. The Labute approximate surface area is 118 Å². The van der Waals surface area contributed by atoms with Crippen molar-refractivity contribution in [2.75, 3.05) is 5.32 Å². The average Bonchev–Trinajstić information content (AvgIpc) is 2.48. The minimum absolute atomic E-state index is 0.0615. The van der Waals surface area contributed by atoms with Gasteiger partial charge < -0.3 is 9.84 Å². The quantitative estimate of drug-likeness (QED) is 0.897. The maximum absolute atomic E-state index is 11.7. The third kappa shape index (κ3) is 3.83. The molecular formula is C16H17NO3. The van der Waals surface area contributed by atoms with Gasteiger partial charge in [-0.05, 0) is 29.7 Å². The highest BCUT2D eigenvalue weighted by Gasteiger charge is 2.06. The SMILES string of the molecule is Cc1ccc(CO)cc1NC(=O)OCc1ccccc1. The highest BCUT2D eigenvalue weighted by Crippen LogP contribution is 2.17. The van der Waals surface area contributed by atoms with Crippen LogP contribution in [0.2, 0.25) is 0 Å². The van der Waals surface area contributed by atoms with Gasteiger partial charge >= 0.3 is 6.09 Å². The van der Waals surface area contributed by atoms with E-state index in [-0.39, 0.29) is 13.2 Å². The number of carbonyl (C=O) groups excluding carboxylic acids is 1. The maximum atomic E-state index is 11.7. The van der Waals surface area contributed by atoms with E-state index >= 15 is 0 Å². The molecule has 2 aromatic carbocycles. The van der Waals surface area contributed by atoms with Crippen molar-refractivity contribution < 1.29 is 14.6 Å². The molecule has 0 aliphatic heterocycles. The van der Waals surface area contributed by atoms with Gasteiger partial charge in [-0.25, -0.2) is 4.79 Å². The van der Waals surface area contributed by atoms with E-state index in [9.17, 15) is 4.79 Å². The summed E-state index contributed by atoms with van der Waals surface area (Å²) in [5.41, 5.74) is 3.24. The van der Waals surface area contributed by atoms with Crippen LogP contribution in [0.4, 0.5) is 10.5 Å². The minimum Gasteiger partial charge on any atom is -0.444 e. The number of benzene rings is 2. The number of nitrogens with one attached hydrogen (secondary N) is 1. The Morgan fingerprint density at radius 1 is 1.15 bits per heavy atom. The second-order valence-electron chi connectivity index (χ2n) is 4.49. The molecule has 1 amide bonds. The van der Waals surface area contributed by atoms with E-state index in [1.165, 1.54) is 0 Å². The van der Waals surface area contributed by atoms with Crippen LogP contribution in [0, 0.1) is 6.92 Å². The summed E-state index contributed by atoms with van der Waals surface area (Å²) in [6.07, 6.45) is -0.507. The zero-order chi connectivity index (χ0) is 14.4. The Hall–Kier alpha value is -2.33. The number of ether oxygens (including phenoxy) is 1. The molecule has 4 heteroatoms. The van der Waals surface area contributed by atoms with Crippen molar-refractivity contribution in [1.29, 1.82) is 0 Å². The molecule has 4 nitrogen and oxygen atoms in total. The number of rotatable bonds is 4. The molecule has 0 saturated heterocycles. The van der Waals surface area contributed by atoms with Crippen molar-refractivity contribution in [3.05, 3.63) is 65.2 Å². The van der Waals surface area contributed by atoms with E-state index in [1.807, 2.05) is 49.4 Å². The zero-order valence-electron chi connectivity index (χ0n) is 11.3. The molecule has 0 bridgehead atoms. The molecule has 0 aliphatic rings. The van der Waals surface area contributed by atoms with Crippen LogP contribution in [0.25, 0.3) is 0 Å². The van der Waals surface area contributed by atoms with Crippen molar-refractivity contribution in [2.24, 2.45) is 0 Å². The van der Waals surface area contributed by atoms with Crippen molar-refractivity contribution >= 4 is 11.8 Å². The lowest BCUT2D eigenvalue weighted by molar-refractivity contribution is 0.155. The van der Waals surface area contributed by atoms with Crippen LogP contribution in [0.5, 0.6) is 0 Å². The maximum Gasteiger partial charge on any atom is 0.411 e. The first kappa shape index (κ1) is 14.1. The normalized spacial score (nSPS) is 10.1. The average molecular weight is 271 g/mol. The molecule has 0 heterocycles. The predicted molar refractivity (Wildman–Crippen MR) is 77.4 cm³/mol. The Bertz CT molecular complexity index is 582. The van der Waals surface area contributed by atoms with Gasteiger partial charge in [0.15, 0.2) is 0 Å². The second-order valence-corrected chi connectivity index (χ2v) is 4.49. The van der Waals surface area contributed by atoms with Gasteiger partial charge in [-0.3, -0.25) is 5.32 Å². The molecular weight excluding hydrogens is 254 g/mol. The summed E-state index contributed by atoms with van der Waals surface area (Å²) >= 11 is 0. The van der Waals surface area contributed by atoms with Crippen LogP contribution in [0.1, 0.15) is 16.7 Å². The smallest absolute Gasteiger partial charge is 0.411 e. The fraction of sp³-hybridized carbons (Fsp3) is 0.188. The number of aliphatic hydroxyl groups is 1. The number of aliphatic hydroxyl groups excluding tert-OH is 1. The summed E-state index contributed by atoms with van der Waals surface area (Å²) < 4.78 is 5.15. The van der Waals surface area contributed by atoms with Gasteiger partial charge in [0, 0.05) is 5.69 Å². The number of hydrogen-bond donors (Lipinski definition) is 2. The molecule has 0 aliphatic carbocycles. The summed E-state index contributed by atoms with van der Waals surface area (Å²) in [4.78, 5) is 11.7. The van der Waals surface area contributed by atoms with Crippen molar-refractivity contribution in [1.82, 2.24) is 0 Å². The van der Waals surface area contributed by atoms with Gasteiger partial charge in [-0.2, -0.15) is 0 Å². The molecule has 0 spiro atoms. The summed E-state index contributed by atoms with van der Waals surface area (Å²) in [7, 11) is 0. The Morgan fingerprint density at radius 2 is 1.90 bits per heavy atom. The van der Waals surface area contributed by atoms with E-state index in [2.05, 4.69) is 5.32 Å². The molecule has 2 N–H and O–H groups in total. The van der Waals surface area contributed by atoms with Crippen LogP contribution in [-0.4, -0.2) is 11.2 Å². The third-order valence-electron chi connectivity index (χ3n) is 2.93. The molecule has 2 aromatic rings. The summed E-state index contributed by atoms with van der Waals surface area (Å²) in [6, 6.07) is 14.9. The zero-order valence-corrected chi connectivity index (χ0v) is 11.3. The van der Waals surface area contributed by atoms with Crippen molar-refractivity contribution in [3.8, 4) is 0 Å². The Morgan fingerprint density at radius 3 is 2.60 bits per heavy atom. The van der Waals surface area contributed by atoms with E-state index in [0.717, 1.165) is 16.7 Å². The van der Waals surface area contributed by atoms with Crippen LogP contribution >= 0.6 is 0 Å². The number of carbonyl (C=O) groups is 1. The fourth-order valence-electron chi connectivity index (χ4n) is 1.77. The van der Waals surface area contributed by atoms with Gasteiger partial charge in [0.05, 0.1) is 6.61 Å². The molecule has 0 atom stereocenters. The second kappa shape index (κ2) is 6.73. The van der Waals surface area contributed by atoms with Crippen LogP contribution < -0.4 is 5.32 Å². The lowest BCUT2D eigenvalue weighted by atomic mass is 10.1. The van der Waals surface area contributed by atoms with Crippen LogP contribution in [0.15, 0.2) is 48.5 Å². The molecule has 0 saturated carbocycles. The van der Waals surface area contributed by atoms with Crippen molar-refractivity contribution in [3.63, 3.8) is 0 Å². The first-order valence-corrected chi connectivity index (χ1v) is 6.37. The molecule has 0 unspecified atom stereocenters. The molecule has 2 rings (SSSR count). The molecule has 20 heavy (non-hydrogen) atoms. The van der Waals surface area contributed by atoms with E-state index in [4.69, 9.17) is 9.84 Å². The molecule has 0 aromatic heterocycles. The number of hydrogen-bond acceptors (Lipinski definition) is 3. The standard InChI is InChI=1S/C16H17NO3/c1-12-7-8-14(10-18)9-15(12)17-16(19)20-11-13-5-3-2-4-6-13/h2-9,18H,10-11H2,1H3,(H,17,19). The number of anilines is 1. The first-order chi connectivity index (χ1) is 9.69. The molecule has 0 radical (unpaired) electrons. The van der Waals surface area contributed by atoms with E-state index in [0.29, 0.717) is 5.69 Å². The van der Waals surface area contributed by atoms with Crippen LogP contribution in [-0.2, 0) is 18.0 Å². The summed E-state index contributed by atoms with van der Waals surface area (Å²) in [5, 5.41) is 11.8. The van der Waals surface area contributed by atoms with Crippen LogP contribution in [0.3, 0.4) is 0 Å². The summed E-state index contributed by atoms with van der Waals surface area (Å²) in [5.74, 6) is 0. The lowest BCUT2D eigenvalue weighted by Gasteiger charge is -2.10. The van der Waals surface area contributed by atoms with Gasteiger partial charge in [-0.1, -0.05) is 42.5 Å².